The van der Waals surface area contributed by atoms with Crippen molar-refractivity contribution in [3.8, 4) is 0 Å². The first-order chi connectivity index (χ1) is 8.74. The molecule has 18 heavy (non-hydrogen) atoms. The Morgan fingerprint density at radius 1 is 1.22 bits per heavy atom. The second-order valence-electron chi connectivity index (χ2n) is 3.84. The van der Waals surface area contributed by atoms with E-state index in [1.807, 2.05) is 49.4 Å². The highest BCUT2D eigenvalue weighted by atomic mass is 35.5. The van der Waals surface area contributed by atoms with Crippen LogP contribution in [0, 0.1) is 6.92 Å². The highest BCUT2D eigenvalue weighted by Crippen LogP contribution is 2.10. The lowest BCUT2D eigenvalue weighted by atomic mass is 10.2. The second-order valence-corrected chi connectivity index (χ2v) is 4.27. The van der Waals surface area contributed by atoms with Gasteiger partial charge in [-0.15, -0.1) is 0 Å². The Bertz CT molecular complexity index is 538. The summed E-state index contributed by atoms with van der Waals surface area (Å²) in [7, 11) is 0. The highest BCUT2D eigenvalue weighted by molar-refractivity contribution is 6.30. The van der Waals surface area contributed by atoms with Crippen molar-refractivity contribution in [1.82, 2.24) is 4.98 Å². The molecule has 0 spiro atoms. The number of rotatable bonds is 4. The average molecular weight is 261 g/mol. The van der Waals surface area contributed by atoms with Gasteiger partial charge in [-0.2, -0.15) is 0 Å². The molecular formula is C14H13ClN2O. The molecular weight excluding hydrogens is 248 g/mol. The van der Waals surface area contributed by atoms with Crippen molar-refractivity contribution in [2.75, 3.05) is 0 Å². The summed E-state index contributed by atoms with van der Waals surface area (Å²) in [6.45, 7) is 2.35. The van der Waals surface area contributed by atoms with Gasteiger partial charge in [0, 0.05) is 10.7 Å². The fraction of sp³-hybridized carbons (Fsp3) is 0.143. The van der Waals surface area contributed by atoms with Gasteiger partial charge in [0.1, 0.15) is 6.61 Å². The third-order valence-electron chi connectivity index (χ3n) is 2.31. The number of hydrogen-bond donors (Lipinski definition) is 0. The van der Waals surface area contributed by atoms with Gasteiger partial charge in [0.25, 0.3) is 0 Å². The molecule has 0 radical (unpaired) electrons. The molecule has 0 fully saturated rings. The lowest BCUT2D eigenvalue weighted by Gasteiger charge is -1.99. The quantitative estimate of drug-likeness (QED) is 0.622. The predicted molar refractivity (Wildman–Crippen MR) is 72.8 cm³/mol. The van der Waals surface area contributed by atoms with Gasteiger partial charge in [-0.1, -0.05) is 35.0 Å². The fourth-order valence-electron chi connectivity index (χ4n) is 1.42. The summed E-state index contributed by atoms with van der Waals surface area (Å²) in [4.78, 5) is 9.47. The molecule has 4 heteroatoms. The lowest BCUT2D eigenvalue weighted by Crippen LogP contribution is -1.91. The molecule has 0 N–H and O–H groups in total. The van der Waals surface area contributed by atoms with Crippen molar-refractivity contribution in [3.63, 3.8) is 0 Å². The number of hydrogen-bond acceptors (Lipinski definition) is 3. The smallest absolute Gasteiger partial charge is 0.142 e. The second kappa shape index (κ2) is 6.17. The van der Waals surface area contributed by atoms with Gasteiger partial charge in [0.15, 0.2) is 0 Å². The van der Waals surface area contributed by atoms with E-state index in [-0.39, 0.29) is 0 Å². The molecule has 0 aliphatic heterocycles. The number of pyridine rings is 1. The molecule has 1 heterocycles. The highest BCUT2D eigenvalue weighted by Gasteiger charge is 1.93. The first-order valence-corrected chi connectivity index (χ1v) is 5.95. The summed E-state index contributed by atoms with van der Waals surface area (Å²) < 4.78 is 0. The zero-order chi connectivity index (χ0) is 12.8. The maximum atomic E-state index is 5.79. The summed E-state index contributed by atoms with van der Waals surface area (Å²) >= 11 is 5.79. The number of aromatic nitrogens is 1. The van der Waals surface area contributed by atoms with Crippen LogP contribution in [0.4, 0.5) is 0 Å². The Morgan fingerprint density at radius 3 is 2.72 bits per heavy atom. The lowest BCUT2D eigenvalue weighted by molar-refractivity contribution is 0.132. The molecule has 92 valence electrons. The van der Waals surface area contributed by atoms with E-state index < -0.39 is 0 Å². The van der Waals surface area contributed by atoms with Gasteiger partial charge in [0.05, 0.1) is 11.9 Å². The maximum absolute atomic E-state index is 5.79. The fourth-order valence-corrected chi connectivity index (χ4v) is 1.55. The van der Waals surface area contributed by atoms with Crippen molar-refractivity contribution in [1.29, 1.82) is 0 Å². The van der Waals surface area contributed by atoms with Crippen LogP contribution in [-0.4, -0.2) is 11.2 Å². The average Bonchev–Trinajstić information content (AvgIpc) is 2.37. The van der Waals surface area contributed by atoms with Crippen molar-refractivity contribution < 1.29 is 4.84 Å². The minimum Gasteiger partial charge on any atom is -0.391 e. The van der Waals surface area contributed by atoms with Crippen LogP contribution in [0.5, 0.6) is 0 Å². The monoisotopic (exact) mass is 260 g/mol. The number of halogens is 1. The predicted octanol–water partition coefficient (Wildman–Crippen LogP) is 3.59. The first-order valence-electron chi connectivity index (χ1n) is 5.57. The Balaban J connectivity index is 1.87. The van der Waals surface area contributed by atoms with Crippen LogP contribution in [0.2, 0.25) is 5.02 Å². The minimum atomic E-state index is 0.416. The molecule has 2 aromatic rings. The normalized spacial score (nSPS) is 10.8. The number of nitrogens with zero attached hydrogens (tertiary/aromatic N) is 2. The van der Waals surface area contributed by atoms with Gasteiger partial charge >= 0.3 is 0 Å². The third kappa shape index (κ3) is 3.86. The van der Waals surface area contributed by atoms with Crippen molar-refractivity contribution >= 4 is 17.8 Å². The standard InChI is InChI=1S/C14H13ClN2O/c1-11-3-2-4-14(17-11)9-16-18-10-12-5-7-13(15)8-6-12/h2-9H,10H2,1H3. The van der Waals surface area contributed by atoms with Crippen LogP contribution < -0.4 is 0 Å². The van der Waals surface area contributed by atoms with Crippen LogP contribution in [0.15, 0.2) is 47.6 Å². The van der Waals surface area contributed by atoms with E-state index in [9.17, 15) is 0 Å². The molecule has 0 saturated heterocycles. The number of oxime groups is 1. The molecule has 0 amide bonds. The number of benzene rings is 1. The van der Waals surface area contributed by atoms with Gasteiger partial charge in [-0.3, -0.25) is 4.98 Å². The van der Waals surface area contributed by atoms with Crippen molar-refractivity contribution in [3.05, 3.63) is 64.4 Å². The van der Waals surface area contributed by atoms with E-state index in [2.05, 4.69) is 10.1 Å². The van der Waals surface area contributed by atoms with E-state index in [1.165, 1.54) is 0 Å². The Morgan fingerprint density at radius 2 is 2.00 bits per heavy atom. The molecule has 0 aliphatic carbocycles. The first kappa shape index (κ1) is 12.6. The van der Waals surface area contributed by atoms with E-state index in [4.69, 9.17) is 16.4 Å². The largest absolute Gasteiger partial charge is 0.391 e. The van der Waals surface area contributed by atoms with Gasteiger partial charge < -0.3 is 4.84 Å². The summed E-state index contributed by atoms with van der Waals surface area (Å²) in [5, 5.41) is 4.59. The van der Waals surface area contributed by atoms with Crippen molar-refractivity contribution in [2.24, 2.45) is 5.16 Å². The molecule has 0 unspecified atom stereocenters. The van der Waals surface area contributed by atoms with Gasteiger partial charge in [-0.25, -0.2) is 0 Å². The Kier molecular flexibility index (Phi) is 4.31. The zero-order valence-electron chi connectivity index (χ0n) is 10.0. The number of aryl methyl sites for hydroxylation is 1. The van der Waals surface area contributed by atoms with Crippen LogP contribution >= 0.6 is 11.6 Å². The van der Waals surface area contributed by atoms with Gasteiger partial charge in [-0.05, 0) is 36.8 Å². The van der Waals surface area contributed by atoms with E-state index >= 15 is 0 Å². The molecule has 3 nitrogen and oxygen atoms in total. The van der Waals surface area contributed by atoms with Crippen LogP contribution in [0.25, 0.3) is 0 Å². The van der Waals surface area contributed by atoms with Crippen molar-refractivity contribution in [2.45, 2.75) is 13.5 Å². The SMILES string of the molecule is Cc1cccc(C=NOCc2ccc(Cl)cc2)n1. The topological polar surface area (TPSA) is 34.5 Å². The van der Waals surface area contributed by atoms with Crippen LogP contribution in [0.3, 0.4) is 0 Å². The van der Waals surface area contributed by atoms with Crippen LogP contribution in [-0.2, 0) is 11.4 Å². The van der Waals surface area contributed by atoms with Crippen LogP contribution in [0.1, 0.15) is 17.0 Å². The maximum Gasteiger partial charge on any atom is 0.142 e. The summed E-state index contributed by atoms with van der Waals surface area (Å²) in [6.07, 6.45) is 1.60. The molecule has 1 aromatic heterocycles. The van der Waals surface area contributed by atoms with E-state index in [0.29, 0.717) is 11.6 Å². The molecule has 0 aliphatic rings. The zero-order valence-corrected chi connectivity index (χ0v) is 10.8. The molecule has 0 saturated carbocycles. The summed E-state index contributed by atoms with van der Waals surface area (Å²) in [5.74, 6) is 0. The van der Waals surface area contributed by atoms with E-state index in [1.54, 1.807) is 6.21 Å². The Hall–Kier alpha value is -1.87. The molecule has 1 aromatic carbocycles. The summed E-state index contributed by atoms with van der Waals surface area (Å²) in [5.41, 5.74) is 2.76. The summed E-state index contributed by atoms with van der Waals surface area (Å²) in [6, 6.07) is 13.2. The Labute approximate surface area is 111 Å². The molecule has 2 rings (SSSR count). The van der Waals surface area contributed by atoms with Gasteiger partial charge in [0.2, 0.25) is 0 Å². The molecule has 0 bridgehead atoms. The third-order valence-corrected chi connectivity index (χ3v) is 2.57. The van der Waals surface area contributed by atoms with E-state index in [0.717, 1.165) is 17.0 Å². The molecule has 0 atom stereocenters. The minimum absolute atomic E-state index is 0.416.